The minimum atomic E-state index is 0.699. The number of nitrogens with zero attached hydrogens (tertiary/aromatic N) is 2. The molecule has 0 saturated heterocycles. The van der Waals surface area contributed by atoms with E-state index in [-0.39, 0.29) is 0 Å². The lowest BCUT2D eigenvalue weighted by molar-refractivity contribution is 0.826. The van der Waals surface area contributed by atoms with Crippen LogP contribution in [0.4, 0.5) is 5.69 Å². The van der Waals surface area contributed by atoms with Crippen molar-refractivity contribution < 1.29 is 0 Å². The van der Waals surface area contributed by atoms with Gasteiger partial charge in [0.1, 0.15) is 0 Å². The van der Waals surface area contributed by atoms with Gasteiger partial charge in [0.05, 0.1) is 17.4 Å². The van der Waals surface area contributed by atoms with Crippen LogP contribution in [0.2, 0.25) is 0 Å². The Balaban J connectivity index is 2.30. The van der Waals surface area contributed by atoms with Gasteiger partial charge in [-0.2, -0.15) is 0 Å². The van der Waals surface area contributed by atoms with E-state index in [0.29, 0.717) is 6.54 Å². The van der Waals surface area contributed by atoms with Crippen molar-refractivity contribution in [2.24, 2.45) is 0 Å². The predicted octanol–water partition coefficient (Wildman–Crippen LogP) is 2.92. The minimum Gasteiger partial charge on any atom is -0.399 e. The van der Waals surface area contributed by atoms with Crippen molar-refractivity contribution in [3.8, 4) is 0 Å². The molecule has 1 heterocycles. The predicted molar refractivity (Wildman–Crippen MR) is 72.6 cm³/mol. The molecule has 0 aliphatic carbocycles. The van der Waals surface area contributed by atoms with Crippen LogP contribution < -0.4 is 5.73 Å². The lowest BCUT2D eigenvalue weighted by atomic mass is 10.2. The molecule has 1 aromatic heterocycles. The molecule has 3 heteroatoms. The first kappa shape index (κ1) is 11.2. The summed E-state index contributed by atoms with van der Waals surface area (Å²) in [6, 6.07) is 5.70. The summed E-state index contributed by atoms with van der Waals surface area (Å²) in [6.07, 6.45) is 7.34. The number of nitrogen functional groups attached to an aromatic ring is 1. The summed E-state index contributed by atoms with van der Waals surface area (Å²) in [5.74, 6) is 0. The summed E-state index contributed by atoms with van der Waals surface area (Å²) in [5.41, 5.74) is 9.48. The average molecular weight is 225 g/mol. The van der Waals surface area contributed by atoms with Crippen LogP contribution in [0.3, 0.4) is 0 Å². The highest BCUT2D eigenvalue weighted by Crippen LogP contribution is 2.17. The molecule has 0 spiro atoms. The number of aromatic nitrogens is 2. The number of hydrogen-bond donors (Lipinski definition) is 1. The molecule has 3 nitrogen and oxygen atoms in total. The van der Waals surface area contributed by atoms with E-state index in [4.69, 9.17) is 5.73 Å². The molecule has 0 fully saturated rings. The molecule has 0 atom stereocenters. The summed E-state index contributed by atoms with van der Waals surface area (Å²) in [5, 5.41) is 0. The zero-order valence-corrected chi connectivity index (χ0v) is 9.63. The van der Waals surface area contributed by atoms with Crippen LogP contribution in [-0.2, 0) is 6.54 Å². The fraction of sp³-hybridized carbons (Fsp3) is 0.0714. The minimum absolute atomic E-state index is 0.699. The molecule has 86 valence electrons. The van der Waals surface area contributed by atoms with Gasteiger partial charge in [0.25, 0.3) is 0 Å². The zero-order valence-electron chi connectivity index (χ0n) is 9.63. The Bertz CT molecular complexity index is 591. The molecule has 0 aliphatic rings. The van der Waals surface area contributed by atoms with Crippen molar-refractivity contribution in [2.45, 2.75) is 6.54 Å². The molecule has 0 saturated carbocycles. The van der Waals surface area contributed by atoms with Gasteiger partial charge in [-0.3, -0.25) is 0 Å². The summed E-state index contributed by atoms with van der Waals surface area (Å²) in [4.78, 5) is 4.32. The number of fused-ring (bicyclic) bond motifs is 1. The Labute approximate surface area is 101 Å². The third-order valence-corrected chi connectivity index (χ3v) is 2.49. The summed E-state index contributed by atoms with van der Waals surface area (Å²) >= 11 is 0. The Morgan fingerprint density at radius 1 is 1.47 bits per heavy atom. The van der Waals surface area contributed by atoms with Gasteiger partial charge < -0.3 is 10.3 Å². The van der Waals surface area contributed by atoms with Crippen molar-refractivity contribution in [1.29, 1.82) is 0 Å². The van der Waals surface area contributed by atoms with E-state index in [1.165, 1.54) is 0 Å². The zero-order chi connectivity index (χ0) is 12.3. The molecule has 2 aromatic rings. The fourth-order valence-corrected chi connectivity index (χ4v) is 1.68. The van der Waals surface area contributed by atoms with E-state index in [2.05, 4.69) is 18.1 Å². The first-order chi connectivity index (χ1) is 8.20. The van der Waals surface area contributed by atoms with Crippen LogP contribution in [0, 0.1) is 0 Å². The maximum Gasteiger partial charge on any atom is 0.0961 e. The second-order valence-corrected chi connectivity index (χ2v) is 3.87. The van der Waals surface area contributed by atoms with Crippen LogP contribution in [0.1, 0.15) is 0 Å². The maximum atomic E-state index is 5.77. The molecule has 2 rings (SSSR count). The number of rotatable bonds is 4. The summed E-state index contributed by atoms with van der Waals surface area (Å²) in [7, 11) is 0. The second-order valence-electron chi connectivity index (χ2n) is 3.87. The van der Waals surface area contributed by atoms with Crippen molar-refractivity contribution >= 4 is 16.7 Å². The summed E-state index contributed by atoms with van der Waals surface area (Å²) < 4.78 is 2.03. The molecular weight excluding hydrogens is 210 g/mol. The number of benzene rings is 1. The van der Waals surface area contributed by atoms with E-state index in [0.717, 1.165) is 22.3 Å². The lowest BCUT2D eigenvalue weighted by Gasteiger charge is -2.04. The van der Waals surface area contributed by atoms with E-state index in [9.17, 15) is 0 Å². The Kier molecular flexibility index (Phi) is 3.10. The normalized spacial score (nSPS) is 11.1. The van der Waals surface area contributed by atoms with Gasteiger partial charge in [-0.15, -0.1) is 0 Å². The molecule has 0 aliphatic heterocycles. The fourth-order valence-electron chi connectivity index (χ4n) is 1.68. The average Bonchev–Trinajstić information content (AvgIpc) is 2.69. The topological polar surface area (TPSA) is 43.8 Å². The van der Waals surface area contributed by atoms with Crippen LogP contribution in [0.15, 0.2) is 61.5 Å². The van der Waals surface area contributed by atoms with E-state index in [1.807, 2.05) is 34.9 Å². The van der Waals surface area contributed by atoms with Gasteiger partial charge in [-0.05, 0) is 23.8 Å². The second kappa shape index (κ2) is 4.70. The van der Waals surface area contributed by atoms with Gasteiger partial charge in [-0.25, -0.2) is 4.98 Å². The van der Waals surface area contributed by atoms with Crippen LogP contribution in [0.25, 0.3) is 11.0 Å². The third-order valence-electron chi connectivity index (χ3n) is 2.49. The smallest absolute Gasteiger partial charge is 0.0961 e. The van der Waals surface area contributed by atoms with Crippen molar-refractivity contribution in [2.75, 3.05) is 5.73 Å². The third kappa shape index (κ3) is 2.45. The number of imidazole rings is 1. The van der Waals surface area contributed by atoms with Crippen molar-refractivity contribution in [3.63, 3.8) is 0 Å². The molecule has 0 amide bonds. The quantitative estimate of drug-likeness (QED) is 0.642. The van der Waals surface area contributed by atoms with Gasteiger partial charge in [0.2, 0.25) is 0 Å². The van der Waals surface area contributed by atoms with E-state index >= 15 is 0 Å². The monoisotopic (exact) mass is 225 g/mol. The van der Waals surface area contributed by atoms with Crippen molar-refractivity contribution in [1.82, 2.24) is 9.55 Å². The first-order valence-electron chi connectivity index (χ1n) is 5.38. The van der Waals surface area contributed by atoms with Crippen molar-refractivity contribution in [3.05, 3.63) is 61.5 Å². The first-order valence-corrected chi connectivity index (χ1v) is 5.38. The lowest BCUT2D eigenvalue weighted by Crippen LogP contribution is -1.97. The highest BCUT2D eigenvalue weighted by molar-refractivity contribution is 5.79. The van der Waals surface area contributed by atoms with E-state index < -0.39 is 0 Å². The highest BCUT2D eigenvalue weighted by Gasteiger charge is 2.02. The molecule has 1 aromatic carbocycles. The molecule has 2 N–H and O–H groups in total. The molecule has 0 bridgehead atoms. The maximum absolute atomic E-state index is 5.77. The molecule has 0 unspecified atom stereocenters. The van der Waals surface area contributed by atoms with Crippen LogP contribution in [0.5, 0.6) is 0 Å². The Hall–Kier alpha value is -2.29. The number of anilines is 1. The van der Waals surface area contributed by atoms with Crippen LogP contribution >= 0.6 is 0 Å². The van der Waals surface area contributed by atoms with Gasteiger partial charge in [0.15, 0.2) is 0 Å². The number of allylic oxidation sites excluding steroid dienone is 4. The SMILES string of the molecule is C=C/C=C\C(=C)Cn1cnc2ccc(N)cc21. The van der Waals surface area contributed by atoms with E-state index in [1.54, 1.807) is 12.4 Å². The highest BCUT2D eigenvalue weighted by atomic mass is 15.0. The molecule has 0 radical (unpaired) electrons. The Morgan fingerprint density at radius 2 is 2.29 bits per heavy atom. The molecule has 17 heavy (non-hydrogen) atoms. The number of nitrogens with two attached hydrogens (primary N) is 1. The summed E-state index contributed by atoms with van der Waals surface area (Å²) in [6.45, 7) is 8.31. The van der Waals surface area contributed by atoms with Gasteiger partial charge in [0, 0.05) is 12.2 Å². The standard InChI is InChI=1S/C14H15N3/c1-3-4-5-11(2)9-17-10-16-13-7-6-12(15)8-14(13)17/h3-8,10H,1-2,9,15H2/b5-4-. The Morgan fingerprint density at radius 3 is 3.06 bits per heavy atom. The largest absolute Gasteiger partial charge is 0.399 e. The molecular formula is C14H15N3. The van der Waals surface area contributed by atoms with Crippen LogP contribution in [-0.4, -0.2) is 9.55 Å². The number of hydrogen-bond acceptors (Lipinski definition) is 2. The van der Waals surface area contributed by atoms with Gasteiger partial charge in [-0.1, -0.05) is 31.4 Å². The van der Waals surface area contributed by atoms with Gasteiger partial charge >= 0.3 is 0 Å².